The molecule has 0 unspecified atom stereocenters. The van der Waals surface area contributed by atoms with E-state index < -0.39 is 0 Å². The van der Waals surface area contributed by atoms with Gasteiger partial charge in [0, 0.05) is 18.9 Å². The number of benzene rings is 1. The van der Waals surface area contributed by atoms with Gasteiger partial charge in [-0.05, 0) is 12.5 Å². The molecule has 0 aliphatic rings. The number of nitrogens with zero attached hydrogens (tertiary/aromatic N) is 1. The van der Waals surface area contributed by atoms with Crippen LogP contribution < -0.4 is 0 Å². The zero-order valence-electron chi connectivity index (χ0n) is 12.0. The fraction of sp³-hybridized carbons (Fsp3) is 0.167. The van der Waals surface area contributed by atoms with Gasteiger partial charge in [0.2, 0.25) is 0 Å². The third-order valence-electron chi connectivity index (χ3n) is 3.03. The molecule has 0 bridgehead atoms. The Kier molecular flexibility index (Phi) is 4.72. The minimum absolute atomic E-state index is 0.696. The first-order valence-corrected chi connectivity index (χ1v) is 6.70. The first kappa shape index (κ1) is 14.1. The highest BCUT2D eigenvalue weighted by molar-refractivity contribution is 5.61. The molecule has 2 nitrogen and oxygen atoms in total. The molecule has 0 aliphatic heterocycles. The van der Waals surface area contributed by atoms with Gasteiger partial charge in [-0.15, -0.1) is 0 Å². The summed E-state index contributed by atoms with van der Waals surface area (Å²) in [5, 5.41) is 0. The Balaban J connectivity index is 2.33. The number of aryl methyl sites for hydroxylation is 1. The van der Waals surface area contributed by atoms with Gasteiger partial charge in [0.15, 0.2) is 5.89 Å². The van der Waals surface area contributed by atoms with E-state index in [-0.39, 0.29) is 0 Å². The van der Waals surface area contributed by atoms with Crippen LogP contribution in [0.1, 0.15) is 18.6 Å². The van der Waals surface area contributed by atoms with E-state index in [4.69, 9.17) is 4.42 Å². The first-order valence-electron chi connectivity index (χ1n) is 6.70. The molecule has 1 heterocycles. The van der Waals surface area contributed by atoms with Gasteiger partial charge < -0.3 is 4.42 Å². The predicted molar refractivity (Wildman–Crippen MR) is 83.5 cm³/mol. The maximum atomic E-state index is 5.77. The topological polar surface area (TPSA) is 26.0 Å². The molecule has 20 heavy (non-hydrogen) atoms. The summed E-state index contributed by atoms with van der Waals surface area (Å²) >= 11 is 0. The number of hydrogen-bond donors (Lipinski definition) is 0. The normalized spacial score (nSPS) is 12.0. The molecule has 0 atom stereocenters. The van der Waals surface area contributed by atoms with Crippen molar-refractivity contribution in [1.29, 1.82) is 0 Å². The van der Waals surface area contributed by atoms with E-state index in [9.17, 15) is 0 Å². The molecule has 2 heteroatoms. The number of rotatable bonds is 5. The van der Waals surface area contributed by atoms with Crippen LogP contribution in [0.2, 0.25) is 0 Å². The Morgan fingerprint density at radius 1 is 1.30 bits per heavy atom. The maximum Gasteiger partial charge on any atom is 0.191 e. The molecule has 0 spiro atoms. The maximum absolute atomic E-state index is 5.77. The Morgan fingerprint density at radius 3 is 2.70 bits per heavy atom. The van der Waals surface area contributed by atoms with Crippen molar-refractivity contribution in [2.24, 2.45) is 0 Å². The van der Waals surface area contributed by atoms with Crippen LogP contribution in [-0.4, -0.2) is 4.98 Å². The van der Waals surface area contributed by atoms with Crippen molar-refractivity contribution in [3.8, 4) is 11.3 Å². The van der Waals surface area contributed by atoms with Gasteiger partial charge in [-0.25, -0.2) is 4.98 Å². The molecule has 0 saturated heterocycles. The molecule has 0 saturated carbocycles. The lowest BCUT2D eigenvalue weighted by Gasteiger charge is -2.02. The number of allylic oxidation sites excluding steroid dienone is 5. The Labute approximate surface area is 120 Å². The highest BCUT2D eigenvalue weighted by Crippen LogP contribution is 2.26. The van der Waals surface area contributed by atoms with Crippen LogP contribution in [0.15, 0.2) is 71.2 Å². The highest BCUT2D eigenvalue weighted by Gasteiger charge is 2.13. The summed E-state index contributed by atoms with van der Waals surface area (Å²) < 4.78 is 5.77. The Hall–Kier alpha value is -2.35. The van der Waals surface area contributed by atoms with Gasteiger partial charge in [-0.2, -0.15) is 0 Å². The molecular weight excluding hydrogens is 246 g/mol. The second kappa shape index (κ2) is 6.71. The summed E-state index contributed by atoms with van der Waals surface area (Å²) in [6.45, 7) is 7.60. The summed E-state index contributed by atoms with van der Waals surface area (Å²) in [5.41, 5.74) is 3.19. The molecular formula is C18H19NO. The summed E-state index contributed by atoms with van der Waals surface area (Å²) in [5.74, 6) is 1.59. The Bertz CT molecular complexity index is 633. The largest absolute Gasteiger partial charge is 0.445 e. The highest BCUT2D eigenvalue weighted by atomic mass is 16.4. The predicted octanol–water partition coefficient (Wildman–Crippen LogP) is 4.88. The van der Waals surface area contributed by atoms with E-state index >= 15 is 0 Å². The third-order valence-corrected chi connectivity index (χ3v) is 3.03. The van der Waals surface area contributed by atoms with Crippen molar-refractivity contribution in [1.82, 2.24) is 4.98 Å². The van der Waals surface area contributed by atoms with Gasteiger partial charge in [0.25, 0.3) is 0 Å². The van der Waals surface area contributed by atoms with Crippen LogP contribution in [0.25, 0.3) is 11.3 Å². The Morgan fingerprint density at radius 2 is 2.05 bits per heavy atom. The summed E-state index contributed by atoms with van der Waals surface area (Å²) in [4.78, 5) is 4.51. The van der Waals surface area contributed by atoms with E-state index in [1.54, 1.807) is 6.08 Å². The van der Waals surface area contributed by atoms with E-state index in [0.29, 0.717) is 5.89 Å². The van der Waals surface area contributed by atoms with Crippen LogP contribution in [-0.2, 0) is 6.42 Å². The van der Waals surface area contributed by atoms with Gasteiger partial charge in [-0.3, -0.25) is 0 Å². The quantitative estimate of drug-likeness (QED) is 0.720. The standard InChI is InChI=1S/C18H19NO/c1-4-6-10-15(5-2)13-17-18(19-14(3)20-17)16-11-8-7-9-12-16/h4-12H,1,13H2,2-3H3/b10-6-,15-5+. The molecule has 1 aromatic carbocycles. The molecule has 0 fully saturated rings. The summed E-state index contributed by atoms with van der Waals surface area (Å²) in [7, 11) is 0. The molecule has 2 rings (SSSR count). The van der Waals surface area contributed by atoms with Crippen LogP contribution in [0.3, 0.4) is 0 Å². The van der Waals surface area contributed by atoms with Crippen LogP contribution in [0, 0.1) is 6.92 Å². The number of hydrogen-bond acceptors (Lipinski definition) is 2. The molecule has 0 amide bonds. The second-order valence-corrected chi connectivity index (χ2v) is 4.51. The first-order chi connectivity index (χ1) is 9.74. The SMILES string of the molecule is C=C/C=C\C(=C/C)Cc1oc(C)nc1-c1ccccc1. The van der Waals surface area contributed by atoms with Gasteiger partial charge in [0.1, 0.15) is 11.5 Å². The van der Waals surface area contributed by atoms with Crippen LogP contribution >= 0.6 is 0 Å². The van der Waals surface area contributed by atoms with Crippen molar-refractivity contribution in [3.63, 3.8) is 0 Å². The molecule has 0 aliphatic carbocycles. The third kappa shape index (κ3) is 3.35. The van der Waals surface area contributed by atoms with Crippen molar-refractivity contribution >= 4 is 0 Å². The van der Waals surface area contributed by atoms with Crippen molar-refractivity contribution in [3.05, 3.63) is 78.4 Å². The molecule has 0 N–H and O–H groups in total. The van der Waals surface area contributed by atoms with Crippen molar-refractivity contribution in [2.45, 2.75) is 20.3 Å². The lowest BCUT2D eigenvalue weighted by Crippen LogP contribution is -1.89. The van der Waals surface area contributed by atoms with Crippen molar-refractivity contribution in [2.75, 3.05) is 0 Å². The van der Waals surface area contributed by atoms with Crippen molar-refractivity contribution < 1.29 is 4.42 Å². The molecule has 0 radical (unpaired) electrons. The fourth-order valence-electron chi connectivity index (χ4n) is 2.04. The van der Waals surface area contributed by atoms with E-state index in [1.165, 1.54) is 5.57 Å². The zero-order chi connectivity index (χ0) is 14.4. The van der Waals surface area contributed by atoms with Crippen LogP contribution in [0.4, 0.5) is 0 Å². The number of oxazole rings is 1. The summed E-state index contributed by atoms with van der Waals surface area (Å²) in [6, 6.07) is 10.1. The average Bonchev–Trinajstić information content (AvgIpc) is 2.85. The lowest BCUT2D eigenvalue weighted by atomic mass is 10.0. The van der Waals surface area contributed by atoms with Gasteiger partial charge >= 0.3 is 0 Å². The van der Waals surface area contributed by atoms with E-state index in [2.05, 4.69) is 29.8 Å². The fourth-order valence-corrected chi connectivity index (χ4v) is 2.04. The smallest absolute Gasteiger partial charge is 0.191 e. The minimum atomic E-state index is 0.696. The van der Waals surface area contributed by atoms with Gasteiger partial charge in [0.05, 0.1) is 0 Å². The molecule has 1 aromatic heterocycles. The average molecular weight is 265 g/mol. The minimum Gasteiger partial charge on any atom is -0.445 e. The molecule has 2 aromatic rings. The van der Waals surface area contributed by atoms with Crippen LogP contribution in [0.5, 0.6) is 0 Å². The van der Waals surface area contributed by atoms with Gasteiger partial charge in [-0.1, -0.05) is 61.2 Å². The second-order valence-electron chi connectivity index (χ2n) is 4.51. The zero-order valence-corrected chi connectivity index (χ0v) is 12.0. The van der Waals surface area contributed by atoms with E-state index in [0.717, 1.165) is 23.4 Å². The monoisotopic (exact) mass is 265 g/mol. The number of aromatic nitrogens is 1. The molecule has 102 valence electrons. The van der Waals surface area contributed by atoms with E-state index in [1.807, 2.05) is 44.2 Å². The lowest BCUT2D eigenvalue weighted by molar-refractivity contribution is 0.484. The summed E-state index contributed by atoms with van der Waals surface area (Å²) in [6.07, 6.45) is 8.55.